The van der Waals surface area contributed by atoms with Crippen LogP contribution in [-0.2, 0) is 0 Å². The Kier molecular flexibility index (Phi) is 4.81. The first kappa shape index (κ1) is 12.5. The second-order valence-electron chi connectivity index (χ2n) is 3.75. The highest BCUT2D eigenvalue weighted by Crippen LogP contribution is 2.17. The molecular formula is C13H19N3. The van der Waals surface area contributed by atoms with Crippen molar-refractivity contribution in [1.29, 1.82) is 0 Å². The average molecular weight is 217 g/mol. The van der Waals surface area contributed by atoms with Crippen LogP contribution in [0.15, 0.2) is 18.3 Å². The molecule has 1 aromatic rings. The summed E-state index contributed by atoms with van der Waals surface area (Å²) in [5, 5.41) is 3.23. The summed E-state index contributed by atoms with van der Waals surface area (Å²) >= 11 is 0. The summed E-state index contributed by atoms with van der Waals surface area (Å²) in [4.78, 5) is 6.45. The smallest absolute Gasteiger partial charge is 0.0789 e. The largest absolute Gasteiger partial charge is 0.362 e. The van der Waals surface area contributed by atoms with Crippen LogP contribution in [0, 0.1) is 12.3 Å². The van der Waals surface area contributed by atoms with Gasteiger partial charge < -0.3 is 10.2 Å². The van der Waals surface area contributed by atoms with Crippen molar-refractivity contribution in [2.75, 3.05) is 25.5 Å². The molecule has 1 heterocycles. The third kappa shape index (κ3) is 2.98. The molecule has 3 nitrogen and oxygen atoms in total. The summed E-state index contributed by atoms with van der Waals surface area (Å²) in [6, 6.07) is 4.43. The van der Waals surface area contributed by atoms with Crippen LogP contribution in [0.5, 0.6) is 0 Å². The van der Waals surface area contributed by atoms with Crippen molar-refractivity contribution >= 4 is 5.69 Å². The highest BCUT2D eigenvalue weighted by atomic mass is 15.1. The number of anilines is 1. The van der Waals surface area contributed by atoms with Crippen molar-refractivity contribution in [3.8, 4) is 12.3 Å². The summed E-state index contributed by atoms with van der Waals surface area (Å²) in [6.07, 6.45) is 8.16. The van der Waals surface area contributed by atoms with Gasteiger partial charge in [0.05, 0.1) is 24.1 Å². The van der Waals surface area contributed by atoms with Gasteiger partial charge in [0.1, 0.15) is 0 Å². The molecule has 3 heteroatoms. The molecule has 0 fully saturated rings. The molecule has 0 bridgehead atoms. The topological polar surface area (TPSA) is 28.2 Å². The Bertz CT molecular complexity index is 346. The number of nitrogens with zero attached hydrogens (tertiary/aromatic N) is 2. The van der Waals surface area contributed by atoms with Gasteiger partial charge in [-0.15, -0.1) is 6.42 Å². The van der Waals surface area contributed by atoms with E-state index >= 15 is 0 Å². The van der Waals surface area contributed by atoms with Crippen LogP contribution in [0.3, 0.4) is 0 Å². The quantitative estimate of drug-likeness (QED) is 0.763. The van der Waals surface area contributed by atoms with E-state index in [1.807, 2.05) is 31.3 Å². The van der Waals surface area contributed by atoms with Crippen LogP contribution < -0.4 is 10.2 Å². The molecule has 0 saturated heterocycles. The molecule has 0 spiro atoms. The average Bonchev–Trinajstić information content (AvgIpc) is 2.32. The molecule has 1 unspecified atom stereocenters. The van der Waals surface area contributed by atoms with Gasteiger partial charge in [-0.2, -0.15) is 0 Å². The Hall–Kier alpha value is -1.53. The van der Waals surface area contributed by atoms with E-state index in [-0.39, 0.29) is 0 Å². The first-order valence-electron chi connectivity index (χ1n) is 5.50. The maximum atomic E-state index is 5.27. The van der Waals surface area contributed by atoms with Crippen molar-refractivity contribution in [3.63, 3.8) is 0 Å². The Labute approximate surface area is 97.9 Å². The van der Waals surface area contributed by atoms with Gasteiger partial charge in [-0.1, -0.05) is 12.8 Å². The van der Waals surface area contributed by atoms with Gasteiger partial charge in [0.25, 0.3) is 0 Å². The Morgan fingerprint density at radius 3 is 2.75 bits per heavy atom. The molecule has 0 aliphatic rings. The maximum absolute atomic E-state index is 5.27. The van der Waals surface area contributed by atoms with E-state index in [4.69, 9.17) is 6.42 Å². The number of pyridine rings is 1. The third-order valence-electron chi connectivity index (χ3n) is 2.65. The fourth-order valence-corrected chi connectivity index (χ4v) is 1.62. The van der Waals surface area contributed by atoms with E-state index in [2.05, 4.69) is 29.2 Å². The highest BCUT2D eigenvalue weighted by molar-refractivity contribution is 5.45. The van der Waals surface area contributed by atoms with Gasteiger partial charge in [-0.25, -0.2) is 0 Å². The van der Waals surface area contributed by atoms with Crippen LogP contribution >= 0.6 is 0 Å². The van der Waals surface area contributed by atoms with Gasteiger partial charge in [-0.3, -0.25) is 4.98 Å². The molecule has 0 aliphatic heterocycles. The van der Waals surface area contributed by atoms with Crippen molar-refractivity contribution < 1.29 is 0 Å². The lowest BCUT2D eigenvalue weighted by atomic mass is 10.1. The van der Waals surface area contributed by atoms with Crippen LogP contribution in [0.1, 0.15) is 25.1 Å². The zero-order chi connectivity index (χ0) is 12.0. The first-order chi connectivity index (χ1) is 7.72. The van der Waals surface area contributed by atoms with Crippen LogP contribution in [0.2, 0.25) is 0 Å². The second-order valence-corrected chi connectivity index (χ2v) is 3.75. The molecule has 16 heavy (non-hydrogen) atoms. The summed E-state index contributed by atoms with van der Waals surface area (Å²) < 4.78 is 0. The van der Waals surface area contributed by atoms with E-state index in [1.54, 1.807) is 0 Å². The third-order valence-corrected chi connectivity index (χ3v) is 2.65. The molecule has 0 radical (unpaired) electrons. The number of hydrogen-bond donors (Lipinski definition) is 1. The lowest BCUT2D eigenvalue weighted by Gasteiger charge is -2.18. The van der Waals surface area contributed by atoms with Gasteiger partial charge in [0.2, 0.25) is 0 Å². The van der Waals surface area contributed by atoms with Crippen molar-refractivity contribution in [2.45, 2.75) is 19.4 Å². The fraction of sp³-hybridized carbons (Fsp3) is 0.462. The molecular weight excluding hydrogens is 198 g/mol. The zero-order valence-electron chi connectivity index (χ0n) is 10.2. The first-order valence-corrected chi connectivity index (χ1v) is 5.50. The second kappa shape index (κ2) is 6.14. The molecule has 1 rings (SSSR count). The monoisotopic (exact) mass is 217 g/mol. The molecule has 0 aromatic carbocycles. The minimum absolute atomic E-state index is 0.326. The van der Waals surface area contributed by atoms with Gasteiger partial charge in [0.15, 0.2) is 0 Å². The minimum Gasteiger partial charge on any atom is -0.362 e. The number of rotatable bonds is 5. The maximum Gasteiger partial charge on any atom is 0.0789 e. The Morgan fingerprint density at radius 2 is 2.31 bits per heavy atom. The lowest BCUT2D eigenvalue weighted by Crippen LogP contribution is -2.19. The molecule has 1 aromatic heterocycles. The van der Waals surface area contributed by atoms with E-state index in [0.717, 1.165) is 17.8 Å². The van der Waals surface area contributed by atoms with Gasteiger partial charge >= 0.3 is 0 Å². The van der Waals surface area contributed by atoms with Gasteiger partial charge in [0, 0.05) is 13.1 Å². The number of nitrogens with one attached hydrogen (secondary N) is 1. The minimum atomic E-state index is 0.326. The SMILES string of the molecule is C#CCN(C)c1ccc(C(CC)NC)nc1. The molecule has 1 N–H and O–H groups in total. The normalized spacial score (nSPS) is 11.9. The standard InChI is InChI=1S/C13H19N3/c1-5-9-16(4)11-7-8-13(15-10-11)12(6-2)14-3/h1,7-8,10,12,14H,6,9H2,2-4H3. The van der Waals surface area contributed by atoms with Crippen molar-refractivity contribution in [3.05, 3.63) is 24.0 Å². The van der Waals surface area contributed by atoms with Crippen LogP contribution in [0.25, 0.3) is 0 Å². The van der Waals surface area contributed by atoms with Gasteiger partial charge in [-0.05, 0) is 25.6 Å². The van der Waals surface area contributed by atoms with E-state index in [0.29, 0.717) is 12.6 Å². The zero-order valence-corrected chi connectivity index (χ0v) is 10.2. The van der Waals surface area contributed by atoms with E-state index in [1.165, 1.54) is 0 Å². The molecule has 0 aliphatic carbocycles. The molecule has 0 saturated carbocycles. The predicted octanol–water partition coefficient (Wildman–Crippen LogP) is 1.82. The predicted molar refractivity (Wildman–Crippen MR) is 68.4 cm³/mol. The van der Waals surface area contributed by atoms with Crippen LogP contribution in [0.4, 0.5) is 5.69 Å². The van der Waals surface area contributed by atoms with Crippen molar-refractivity contribution in [2.24, 2.45) is 0 Å². The number of hydrogen-bond acceptors (Lipinski definition) is 3. The molecule has 0 amide bonds. The van der Waals surface area contributed by atoms with E-state index < -0.39 is 0 Å². The molecule has 1 atom stereocenters. The fourth-order valence-electron chi connectivity index (χ4n) is 1.62. The Balaban J connectivity index is 2.78. The summed E-state index contributed by atoms with van der Waals surface area (Å²) in [5.41, 5.74) is 2.12. The lowest BCUT2D eigenvalue weighted by molar-refractivity contribution is 0.561. The number of terminal acetylenes is 1. The summed E-state index contributed by atoms with van der Waals surface area (Å²) in [5.74, 6) is 2.61. The van der Waals surface area contributed by atoms with E-state index in [9.17, 15) is 0 Å². The summed E-state index contributed by atoms with van der Waals surface area (Å²) in [6.45, 7) is 2.74. The molecule has 86 valence electrons. The van der Waals surface area contributed by atoms with Crippen molar-refractivity contribution in [1.82, 2.24) is 10.3 Å². The Morgan fingerprint density at radius 1 is 1.56 bits per heavy atom. The highest BCUT2D eigenvalue weighted by Gasteiger charge is 2.08. The summed E-state index contributed by atoms with van der Waals surface area (Å²) in [7, 11) is 3.92. The van der Waals surface area contributed by atoms with Crippen LogP contribution in [-0.4, -0.2) is 25.6 Å². The number of aromatic nitrogens is 1.